The first-order chi connectivity index (χ1) is 6.36. The largest absolute Gasteiger partial charge is 0.496 e. The van der Waals surface area contributed by atoms with Crippen LogP contribution in [0, 0.1) is 11.3 Å². The number of nitriles is 1. The lowest BCUT2D eigenvalue weighted by molar-refractivity contribution is 0.375. The number of benzene rings is 1. The Morgan fingerprint density at radius 2 is 2.23 bits per heavy atom. The van der Waals surface area contributed by atoms with Gasteiger partial charge in [-0.15, -0.1) is 0 Å². The summed E-state index contributed by atoms with van der Waals surface area (Å²) in [5.74, 6) is 0.783. The number of epoxide rings is 1. The van der Waals surface area contributed by atoms with Crippen LogP contribution in [0.15, 0.2) is 24.3 Å². The fraction of sp³-hybridized carbons (Fsp3) is 0.300. The SMILES string of the molecule is COc1ccccc1[C@H]1O[C@@H]1C#N. The van der Waals surface area contributed by atoms with Crippen molar-refractivity contribution in [3.05, 3.63) is 29.8 Å². The highest BCUT2D eigenvalue weighted by atomic mass is 16.6. The number of hydrogen-bond donors (Lipinski definition) is 0. The normalized spacial score (nSPS) is 24.9. The lowest BCUT2D eigenvalue weighted by Crippen LogP contribution is -1.91. The van der Waals surface area contributed by atoms with Crippen LogP contribution >= 0.6 is 0 Å². The van der Waals surface area contributed by atoms with Crippen LogP contribution in [0.2, 0.25) is 0 Å². The average Bonchev–Trinajstić information content (AvgIpc) is 2.96. The smallest absolute Gasteiger partial charge is 0.175 e. The van der Waals surface area contributed by atoms with Crippen molar-refractivity contribution >= 4 is 0 Å². The summed E-state index contributed by atoms with van der Waals surface area (Å²) in [6, 6.07) is 9.65. The summed E-state index contributed by atoms with van der Waals surface area (Å²) in [4.78, 5) is 0. The number of ether oxygens (including phenoxy) is 2. The first-order valence-corrected chi connectivity index (χ1v) is 4.05. The molecule has 3 heteroatoms. The lowest BCUT2D eigenvalue weighted by Gasteiger charge is -2.03. The van der Waals surface area contributed by atoms with Crippen LogP contribution in [-0.4, -0.2) is 13.2 Å². The molecule has 0 amide bonds. The van der Waals surface area contributed by atoms with Gasteiger partial charge in [0, 0.05) is 5.56 Å². The van der Waals surface area contributed by atoms with E-state index in [9.17, 15) is 0 Å². The van der Waals surface area contributed by atoms with Crippen molar-refractivity contribution in [2.75, 3.05) is 7.11 Å². The molecule has 66 valence electrons. The Kier molecular flexibility index (Phi) is 1.91. The molecule has 2 atom stereocenters. The molecule has 0 aliphatic carbocycles. The van der Waals surface area contributed by atoms with Crippen LogP contribution in [0.5, 0.6) is 5.75 Å². The molecule has 1 aliphatic rings. The topological polar surface area (TPSA) is 45.5 Å². The van der Waals surface area contributed by atoms with Crippen molar-refractivity contribution < 1.29 is 9.47 Å². The molecular formula is C10H9NO2. The Hall–Kier alpha value is -1.53. The monoisotopic (exact) mass is 175 g/mol. The number of hydrogen-bond acceptors (Lipinski definition) is 3. The fourth-order valence-electron chi connectivity index (χ4n) is 1.35. The quantitative estimate of drug-likeness (QED) is 0.642. The van der Waals surface area contributed by atoms with E-state index < -0.39 is 0 Å². The van der Waals surface area contributed by atoms with E-state index in [2.05, 4.69) is 6.07 Å². The zero-order valence-corrected chi connectivity index (χ0v) is 7.23. The Morgan fingerprint density at radius 3 is 2.85 bits per heavy atom. The second kappa shape index (κ2) is 3.08. The van der Waals surface area contributed by atoms with Gasteiger partial charge >= 0.3 is 0 Å². The molecule has 1 aromatic rings. The van der Waals surface area contributed by atoms with Gasteiger partial charge in [-0.3, -0.25) is 0 Å². The minimum Gasteiger partial charge on any atom is -0.496 e. The van der Waals surface area contributed by atoms with E-state index >= 15 is 0 Å². The molecule has 1 heterocycles. The summed E-state index contributed by atoms with van der Waals surface area (Å²) in [5, 5.41) is 8.59. The summed E-state index contributed by atoms with van der Waals surface area (Å²) in [5.41, 5.74) is 0.955. The Labute approximate surface area is 76.5 Å². The molecule has 1 fully saturated rings. The second-order valence-corrected chi connectivity index (χ2v) is 2.85. The van der Waals surface area contributed by atoms with Gasteiger partial charge in [-0.1, -0.05) is 18.2 Å². The summed E-state index contributed by atoms with van der Waals surface area (Å²) < 4.78 is 10.3. The van der Waals surface area contributed by atoms with Crippen molar-refractivity contribution in [1.29, 1.82) is 5.26 Å². The van der Waals surface area contributed by atoms with E-state index in [4.69, 9.17) is 14.7 Å². The van der Waals surface area contributed by atoms with Gasteiger partial charge in [0.1, 0.15) is 11.9 Å². The van der Waals surface area contributed by atoms with Crippen LogP contribution in [-0.2, 0) is 4.74 Å². The van der Waals surface area contributed by atoms with Gasteiger partial charge in [-0.2, -0.15) is 5.26 Å². The molecule has 0 saturated carbocycles. The first-order valence-electron chi connectivity index (χ1n) is 4.05. The van der Waals surface area contributed by atoms with E-state index in [1.165, 1.54) is 0 Å². The minimum atomic E-state index is -0.295. The zero-order chi connectivity index (χ0) is 9.26. The van der Waals surface area contributed by atoms with Crippen LogP contribution in [0.1, 0.15) is 11.7 Å². The maximum atomic E-state index is 8.59. The third-order valence-corrected chi connectivity index (χ3v) is 2.06. The molecule has 0 unspecified atom stereocenters. The number of rotatable bonds is 2. The van der Waals surface area contributed by atoms with E-state index in [1.807, 2.05) is 24.3 Å². The zero-order valence-electron chi connectivity index (χ0n) is 7.23. The summed E-state index contributed by atoms with van der Waals surface area (Å²) in [6.45, 7) is 0. The molecule has 2 rings (SSSR count). The number of para-hydroxylation sites is 1. The second-order valence-electron chi connectivity index (χ2n) is 2.85. The Morgan fingerprint density at radius 1 is 1.46 bits per heavy atom. The average molecular weight is 175 g/mol. The fourth-order valence-corrected chi connectivity index (χ4v) is 1.35. The molecule has 3 nitrogen and oxygen atoms in total. The number of methoxy groups -OCH3 is 1. The lowest BCUT2D eigenvalue weighted by atomic mass is 10.1. The molecule has 0 bridgehead atoms. The van der Waals surface area contributed by atoms with Gasteiger partial charge in [0.25, 0.3) is 0 Å². The Balaban J connectivity index is 2.26. The summed E-state index contributed by atoms with van der Waals surface area (Å²) in [7, 11) is 1.61. The van der Waals surface area contributed by atoms with E-state index in [1.54, 1.807) is 7.11 Å². The molecular weight excluding hydrogens is 166 g/mol. The van der Waals surface area contributed by atoms with Gasteiger partial charge in [0.2, 0.25) is 0 Å². The highest BCUT2D eigenvalue weighted by molar-refractivity contribution is 5.38. The van der Waals surface area contributed by atoms with Crippen LogP contribution in [0.25, 0.3) is 0 Å². The van der Waals surface area contributed by atoms with Gasteiger partial charge < -0.3 is 9.47 Å². The summed E-state index contributed by atoms with van der Waals surface area (Å²) >= 11 is 0. The van der Waals surface area contributed by atoms with Crippen molar-refractivity contribution in [3.8, 4) is 11.8 Å². The van der Waals surface area contributed by atoms with Crippen molar-refractivity contribution in [2.24, 2.45) is 0 Å². The van der Waals surface area contributed by atoms with Crippen LogP contribution in [0.4, 0.5) is 0 Å². The highest BCUT2D eigenvalue weighted by Gasteiger charge is 2.42. The van der Waals surface area contributed by atoms with Gasteiger partial charge in [0.05, 0.1) is 13.2 Å². The standard InChI is InChI=1S/C10H9NO2/c1-12-8-5-3-2-4-7(8)10-9(6-11)13-10/h2-5,9-10H,1H3/t9-,10-/m1/s1. The van der Waals surface area contributed by atoms with Gasteiger partial charge in [-0.05, 0) is 6.07 Å². The molecule has 13 heavy (non-hydrogen) atoms. The van der Waals surface area contributed by atoms with Gasteiger partial charge in [0.15, 0.2) is 6.10 Å². The third-order valence-electron chi connectivity index (χ3n) is 2.06. The van der Waals surface area contributed by atoms with Crippen molar-refractivity contribution in [1.82, 2.24) is 0 Å². The predicted molar refractivity (Wildman–Crippen MR) is 46.2 cm³/mol. The number of nitrogens with zero attached hydrogens (tertiary/aromatic N) is 1. The van der Waals surface area contributed by atoms with Crippen molar-refractivity contribution in [3.63, 3.8) is 0 Å². The predicted octanol–water partition coefficient (Wildman–Crippen LogP) is 1.66. The van der Waals surface area contributed by atoms with Crippen LogP contribution < -0.4 is 4.74 Å². The third kappa shape index (κ3) is 1.36. The van der Waals surface area contributed by atoms with E-state index in [0.29, 0.717) is 0 Å². The summed E-state index contributed by atoms with van der Waals surface area (Å²) in [6.07, 6.45) is -0.391. The molecule has 1 saturated heterocycles. The molecule has 0 radical (unpaired) electrons. The van der Waals surface area contributed by atoms with E-state index in [-0.39, 0.29) is 12.2 Å². The molecule has 0 aromatic heterocycles. The molecule has 0 N–H and O–H groups in total. The maximum absolute atomic E-state index is 8.59. The molecule has 0 spiro atoms. The maximum Gasteiger partial charge on any atom is 0.175 e. The minimum absolute atomic E-state index is 0.0962. The highest BCUT2D eigenvalue weighted by Crippen LogP contribution is 2.42. The first kappa shape index (κ1) is 8.09. The Bertz CT molecular complexity index is 356. The molecule has 1 aliphatic heterocycles. The van der Waals surface area contributed by atoms with E-state index in [0.717, 1.165) is 11.3 Å². The van der Waals surface area contributed by atoms with Crippen LogP contribution in [0.3, 0.4) is 0 Å². The van der Waals surface area contributed by atoms with Gasteiger partial charge in [-0.25, -0.2) is 0 Å². The van der Waals surface area contributed by atoms with Crippen molar-refractivity contribution in [2.45, 2.75) is 12.2 Å². The molecule has 1 aromatic carbocycles.